The predicted molar refractivity (Wildman–Crippen MR) is 75.2 cm³/mol. The molecule has 0 saturated heterocycles. The fraction of sp³-hybridized carbons (Fsp3) is 0.438. The number of hydrogen-bond acceptors (Lipinski definition) is 2. The maximum atomic E-state index is 6.44. The van der Waals surface area contributed by atoms with E-state index in [0.717, 1.165) is 5.52 Å². The number of pyridine rings is 1. The van der Waals surface area contributed by atoms with Crippen LogP contribution < -0.4 is 5.73 Å². The molecular formula is C16H20N2. The van der Waals surface area contributed by atoms with Crippen molar-refractivity contribution in [2.24, 2.45) is 11.7 Å². The van der Waals surface area contributed by atoms with Crippen LogP contribution in [-0.2, 0) is 0 Å². The van der Waals surface area contributed by atoms with Gasteiger partial charge in [-0.05, 0) is 42.5 Å². The van der Waals surface area contributed by atoms with Gasteiger partial charge >= 0.3 is 0 Å². The van der Waals surface area contributed by atoms with Crippen molar-refractivity contribution >= 4 is 10.9 Å². The molecule has 1 aliphatic carbocycles. The second kappa shape index (κ2) is 5.07. The lowest BCUT2D eigenvalue weighted by molar-refractivity contribution is 0.308. The zero-order chi connectivity index (χ0) is 12.4. The van der Waals surface area contributed by atoms with E-state index in [4.69, 9.17) is 5.73 Å². The second-order valence-corrected chi connectivity index (χ2v) is 5.38. The zero-order valence-corrected chi connectivity index (χ0v) is 10.7. The average Bonchev–Trinajstić information content (AvgIpc) is 2.47. The molecule has 2 aromatic rings. The number of aromatic nitrogens is 1. The van der Waals surface area contributed by atoms with Crippen LogP contribution in [0.4, 0.5) is 0 Å². The molecule has 1 fully saturated rings. The predicted octanol–water partition coefficient (Wildman–Crippen LogP) is 3.81. The van der Waals surface area contributed by atoms with Gasteiger partial charge in [0.15, 0.2) is 0 Å². The normalized spacial score (nSPS) is 18.9. The van der Waals surface area contributed by atoms with Crippen molar-refractivity contribution in [3.05, 3.63) is 42.1 Å². The van der Waals surface area contributed by atoms with Gasteiger partial charge in [0.2, 0.25) is 0 Å². The summed E-state index contributed by atoms with van der Waals surface area (Å²) in [6.07, 6.45) is 8.47. The third kappa shape index (κ3) is 2.25. The van der Waals surface area contributed by atoms with E-state index in [-0.39, 0.29) is 6.04 Å². The maximum Gasteiger partial charge on any atom is 0.0702 e. The largest absolute Gasteiger partial charge is 0.324 e. The van der Waals surface area contributed by atoms with Gasteiger partial charge in [0.25, 0.3) is 0 Å². The van der Waals surface area contributed by atoms with Crippen molar-refractivity contribution in [1.29, 1.82) is 0 Å². The molecule has 1 atom stereocenters. The minimum atomic E-state index is 0.190. The lowest BCUT2D eigenvalue weighted by Crippen LogP contribution is -2.23. The van der Waals surface area contributed by atoms with Crippen LogP contribution in [0, 0.1) is 5.92 Å². The van der Waals surface area contributed by atoms with Crippen LogP contribution in [0.1, 0.15) is 43.7 Å². The summed E-state index contributed by atoms with van der Waals surface area (Å²) in [6, 6.07) is 10.7. The summed E-state index contributed by atoms with van der Waals surface area (Å²) in [6.45, 7) is 0. The Labute approximate surface area is 108 Å². The van der Waals surface area contributed by atoms with E-state index in [1.807, 2.05) is 12.3 Å². The summed E-state index contributed by atoms with van der Waals surface area (Å²) < 4.78 is 0. The lowest BCUT2D eigenvalue weighted by atomic mass is 9.81. The zero-order valence-electron chi connectivity index (χ0n) is 10.7. The Kier molecular flexibility index (Phi) is 3.28. The van der Waals surface area contributed by atoms with Crippen molar-refractivity contribution in [1.82, 2.24) is 4.98 Å². The van der Waals surface area contributed by atoms with Crippen molar-refractivity contribution < 1.29 is 0 Å². The fourth-order valence-corrected chi connectivity index (χ4v) is 3.07. The standard InChI is InChI=1S/C16H20N2/c17-16(12-5-2-1-3-6-12)14-8-9-15-13(11-14)7-4-10-18-15/h4,7-12,16H,1-3,5-6,17H2. The molecule has 1 heterocycles. The molecule has 0 spiro atoms. The molecule has 3 rings (SSSR count). The third-order valence-electron chi connectivity index (χ3n) is 4.17. The van der Waals surface area contributed by atoms with Gasteiger partial charge in [-0.25, -0.2) is 0 Å². The van der Waals surface area contributed by atoms with Crippen molar-refractivity contribution in [2.75, 3.05) is 0 Å². The van der Waals surface area contributed by atoms with E-state index in [0.29, 0.717) is 5.92 Å². The topological polar surface area (TPSA) is 38.9 Å². The molecule has 2 heteroatoms. The van der Waals surface area contributed by atoms with Gasteiger partial charge in [-0.3, -0.25) is 4.98 Å². The van der Waals surface area contributed by atoms with Crippen LogP contribution >= 0.6 is 0 Å². The first-order valence-electron chi connectivity index (χ1n) is 6.95. The number of hydrogen-bond donors (Lipinski definition) is 1. The number of nitrogens with zero attached hydrogens (tertiary/aromatic N) is 1. The highest BCUT2D eigenvalue weighted by Crippen LogP contribution is 2.33. The monoisotopic (exact) mass is 240 g/mol. The molecule has 0 amide bonds. The van der Waals surface area contributed by atoms with Crippen LogP contribution in [0.25, 0.3) is 10.9 Å². The molecule has 18 heavy (non-hydrogen) atoms. The molecule has 1 saturated carbocycles. The molecule has 1 aromatic carbocycles. The number of nitrogens with two attached hydrogens (primary N) is 1. The minimum Gasteiger partial charge on any atom is -0.324 e. The molecule has 1 unspecified atom stereocenters. The lowest BCUT2D eigenvalue weighted by Gasteiger charge is -2.27. The van der Waals surface area contributed by atoms with Crippen LogP contribution in [0.15, 0.2) is 36.5 Å². The number of benzene rings is 1. The van der Waals surface area contributed by atoms with Gasteiger partial charge in [-0.1, -0.05) is 31.4 Å². The Morgan fingerprint density at radius 3 is 2.78 bits per heavy atom. The molecular weight excluding hydrogens is 220 g/mol. The Morgan fingerprint density at radius 2 is 1.94 bits per heavy atom. The summed E-state index contributed by atoms with van der Waals surface area (Å²) in [5.41, 5.74) is 8.76. The highest BCUT2D eigenvalue weighted by Gasteiger charge is 2.21. The Morgan fingerprint density at radius 1 is 1.11 bits per heavy atom. The molecule has 2 N–H and O–H groups in total. The van der Waals surface area contributed by atoms with Gasteiger partial charge in [0.05, 0.1) is 5.52 Å². The van der Waals surface area contributed by atoms with Gasteiger partial charge in [0, 0.05) is 17.6 Å². The van der Waals surface area contributed by atoms with E-state index in [2.05, 4.69) is 29.2 Å². The Hall–Kier alpha value is -1.41. The Balaban J connectivity index is 1.88. The molecule has 1 aromatic heterocycles. The van der Waals surface area contributed by atoms with Crippen LogP contribution in [0.5, 0.6) is 0 Å². The minimum absolute atomic E-state index is 0.190. The first-order valence-corrected chi connectivity index (χ1v) is 6.95. The number of fused-ring (bicyclic) bond motifs is 1. The van der Waals surface area contributed by atoms with Gasteiger partial charge in [-0.2, -0.15) is 0 Å². The summed E-state index contributed by atoms with van der Waals surface area (Å²) in [5, 5.41) is 1.20. The summed E-state index contributed by atoms with van der Waals surface area (Å²) >= 11 is 0. The van der Waals surface area contributed by atoms with Gasteiger partial charge < -0.3 is 5.73 Å². The van der Waals surface area contributed by atoms with Crippen LogP contribution in [-0.4, -0.2) is 4.98 Å². The van der Waals surface area contributed by atoms with Gasteiger partial charge in [-0.15, -0.1) is 0 Å². The quantitative estimate of drug-likeness (QED) is 0.866. The molecule has 0 bridgehead atoms. The van der Waals surface area contributed by atoms with Crippen molar-refractivity contribution in [3.8, 4) is 0 Å². The highest BCUT2D eigenvalue weighted by atomic mass is 14.7. The summed E-state index contributed by atoms with van der Waals surface area (Å²) in [7, 11) is 0. The van der Waals surface area contributed by atoms with E-state index < -0.39 is 0 Å². The van der Waals surface area contributed by atoms with E-state index in [9.17, 15) is 0 Å². The van der Waals surface area contributed by atoms with E-state index in [1.54, 1.807) is 0 Å². The molecule has 94 valence electrons. The average molecular weight is 240 g/mol. The highest BCUT2D eigenvalue weighted by molar-refractivity contribution is 5.79. The third-order valence-corrected chi connectivity index (χ3v) is 4.17. The first-order chi connectivity index (χ1) is 8.84. The summed E-state index contributed by atoms with van der Waals surface area (Å²) in [4.78, 5) is 4.35. The SMILES string of the molecule is NC(c1ccc2ncccc2c1)C1CCCCC1. The number of rotatable bonds is 2. The maximum absolute atomic E-state index is 6.44. The van der Waals surface area contributed by atoms with Crippen molar-refractivity contribution in [2.45, 2.75) is 38.1 Å². The van der Waals surface area contributed by atoms with Crippen molar-refractivity contribution in [3.63, 3.8) is 0 Å². The molecule has 0 aliphatic heterocycles. The molecule has 2 nitrogen and oxygen atoms in total. The second-order valence-electron chi connectivity index (χ2n) is 5.38. The van der Waals surface area contributed by atoms with Gasteiger partial charge in [0.1, 0.15) is 0 Å². The first kappa shape index (κ1) is 11.7. The summed E-state index contributed by atoms with van der Waals surface area (Å²) in [5.74, 6) is 0.660. The van der Waals surface area contributed by atoms with Crippen LogP contribution in [0.2, 0.25) is 0 Å². The van der Waals surface area contributed by atoms with Crippen LogP contribution in [0.3, 0.4) is 0 Å². The van der Waals surface area contributed by atoms with E-state index >= 15 is 0 Å². The molecule has 1 aliphatic rings. The smallest absolute Gasteiger partial charge is 0.0702 e. The van der Waals surface area contributed by atoms with E-state index in [1.165, 1.54) is 43.1 Å². The Bertz CT molecular complexity index is 529. The molecule has 0 radical (unpaired) electrons. The fourth-order valence-electron chi connectivity index (χ4n) is 3.07.